The van der Waals surface area contributed by atoms with Crippen LogP contribution >= 0.6 is 0 Å². The first kappa shape index (κ1) is 10.3. The second-order valence-corrected chi connectivity index (χ2v) is 3.41. The summed E-state index contributed by atoms with van der Waals surface area (Å²) < 4.78 is 4.85. The van der Waals surface area contributed by atoms with Crippen LogP contribution in [0.4, 0.5) is 0 Å². The second-order valence-electron chi connectivity index (χ2n) is 3.41. The second kappa shape index (κ2) is 5.79. The van der Waals surface area contributed by atoms with Crippen LogP contribution in [0.25, 0.3) is 0 Å². The van der Waals surface area contributed by atoms with Gasteiger partial charge >= 0.3 is 5.97 Å². The third-order valence-corrected chi connectivity index (χ3v) is 2.32. The Kier molecular flexibility index (Phi) is 4.58. The van der Waals surface area contributed by atoms with Crippen LogP contribution in [0.15, 0.2) is 11.6 Å². The van der Waals surface area contributed by atoms with E-state index in [0.29, 0.717) is 13.0 Å². The third-order valence-electron chi connectivity index (χ3n) is 2.32. The number of carbonyl (C=O) groups is 1. The molecule has 0 saturated heterocycles. The standard InChI is InChI=1S/C11H18O2/c1-2-13-11(12)9-5-8-10-6-3-4-7-10/h6H,2-5,7-9H2,1H3. The Bertz CT molecular complexity index is 194. The first-order valence-electron chi connectivity index (χ1n) is 5.16. The average molecular weight is 182 g/mol. The number of ether oxygens (including phenoxy) is 1. The van der Waals surface area contributed by atoms with Gasteiger partial charge in [-0.25, -0.2) is 0 Å². The van der Waals surface area contributed by atoms with E-state index in [1.54, 1.807) is 0 Å². The molecule has 0 aromatic carbocycles. The largest absolute Gasteiger partial charge is 0.466 e. The summed E-state index contributed by atoms with van der Waals surface area (Å²) >= 11 is 0. The van der Waals surface area contributed by atoms with Crippen molar-refractivity contribution in [1.82, 2.24) is 0 Å². The first-order chi connectivity index (χ1) is 6.33. The van der Waals surface area contributed by atoms with Gasteiger partial charge in [0.15, 0.2) is 0 Å². The molecule has 0 aliphatic heterocycles. The zero-order chi connectivity index (χ0) is 9.52. The van der Waals surface area contributed by atoms with Gasteiger partial charge in [0.05, 0.1) is 6.61 Å². The highest BCUT2D eigenvalue weighted by Crippen LogP contribution is 2.22. The summed E-state index contributed by atoms with van der Waals surface area (Å²) in [4.78, 5) is 11.0. The van der Waals surface area contributed by atoms with Crippen molar-refractivity contribution in [1.29, 1.82) is 0 Å². The Balaban J connectivity index is 2.03. The summed E-state index contributed by atoms with van der Waals surface area (Å²) in [6, 6.07) is 0. The molecule has 0 N–H and O–H groups in total. The van der Waals surface area contributed by atoms with Crippen molar-refractivity contribution in [2.75, 3.05) is 6.61 Å². The van der Waals surface area contributed by atoms with E-state index in [1.807, 2.05) is 6.92 Å². The molecule has 74 valence electrons. The number of carbonyl (C=O) groups excluding carboxylic acids is 1. The molecule has 2 nitrogen and oxygen atoms in total. The Hall–Kier alpha value is -0.790. The molecule has 2 heteroatoms. The minimum Gasteiger partial charge on any atom is -0.466 e. The minimum absolute atomic E-state index is 0.0545. The summed E-state index contributed by atoms with van der Waals surface area (Å²) in [5.41, 5.74) is 1.53. The van der Waals surface area contributed by atoms with E-state index in [4.69, 9.17) is 4.74 Å². The van der Waals surface area contributed by atoms with Crippen LogP contribution in [0, 0.1) is 0 Å². The topological polar surface area (TPSA) is 26.3 Å². The predicted molar refractivity (Wildman–Crippen MR) is 52.4 cm³/mol. The fraction of sp³-hybridized carbons (Fsp3) is 0.727. The SMILES string of the molecule is CCOC(=O)CCCC1=CCCC1. The smallest absolute Gasteiger partial charge is 0.305 e. The number of rotatable bonds is 5. The van der Waals surface area contributed by atoms with E-state index in [-0.39, 0.29) is 5.97 Å². The maximum atomic E-state index is 11.0. The maximum Gasteiger partial charge on any atom is 0.305 e. The predicted octanol–water partition coefficient (Wildman–Crippen LogP) is 2.83. The fourth-order valence-corrected chi connectivity index (χ4v) is 1.66. The van der Waals surface area contributed by atoms with Gasteiger partial charge in [-0.3, -0.25) is 4.79 Å². The van der Waals surface area contributed by atoms with Crippen molar-refractivity contribution in [3.63, 3.8) is 0 Å². The van der Waals surface area contributed by atoms with Crippen molar-refractivity contribution in [3.8, 4) is 0 Å². The fourth-order valence-electron chi connectivity index (χ4n) is 1.66. The molecular weight excluding hydrogens is 164 g/mol. The highest BCUT2D eigenvalue weighted by atomic mass is 16.5. The molecule has 0 unspecified atom stereocenters. The van der Waals surface area contributed by atoms with Crippen molar-refractivity contribution >= 4 is 5.97 Å². The molecule has 0 spiro atoms. The quantitative estimate of drug-likeness (QED) is 0.482. The normalized spacial score (nSPS) is 15.6. The van der Waals surface area contributed by atoms with Gasteiger partial charge in [-0.1, -0.05) is 11.6 Å². The number of esters is 1. The summed E-state index contributed by atoms with van der Waals surface area (Å²) in [5, 5.41) is 0. The molecule has 1 rings (SSSR count). The van der Waals surface area contributed by atoms with E-state index in [2.05, 4.69) is 6.08 Å². The van der Waals surface area contributed by atoms with Crippen LogP contribution in [-0.4, -0.2) is 12.6 Å². The van der Waals surface area contributed by atoms with Crippen molar-refractivity contribution in [2.24, 2.45) is 0 Å². The highest BCUT2D eigenvalue weighted by Gasteiger charge is 2.06. The maximum absolute atomic E-state index is 11.0. The molecular formula is C11H18O2. The molecule has 13 heavy (non-hydrogen) atoms. The van der Waals surface area contributed by atoms with Gasteiger partial charge in [-0.2, -0.15) is 0 Å². The number of hydrogen-bond acceptors (Lipinski definition) is 2. The van der Waals surface area contributed by atoms with Gasteiger partial charge in [-0.15, -0.1) is 0 Å². The molecule has 0 radical (unpaired) electrons. The summed E-state index contributed by atoms with van der Waals surface area (Å²) in [5.74, 6) is -0.0545. The molecule has 0 aromatic heterocycles. The molecule has 0 aromatic rings. The zero-order valence-corrected chi connectivity index (χ0v) is 8.34. The highest BCUT2D eigenvalue weighted by molar-refractivity contribution is 5.69. The Morgan fingerprint density at radius 3 is 3.08 bits per heavy atom. The summed E-state index contributed by atoms with van der Waals surface area (Å²) in [7, 11) is 0. The molecule has 0 saturated carbocycles. The summed E-state index contributed by atoms with van der Waals surface area (Å²) in [6.45, 7) is 2.35. The van der Waals surface area contributed by atoms with Crippen LogP contribution in [0.5, 0.6) is 0 Å². The van der Waals surface area contributed by atoms with E-state index < -0.39 is 0 Å². The van der Waals surface area contributed by atoms with Crippen LogP contribution in [0.3, 0.4) is 0 Å². The van der Waals surface area contributed by atoms with Gasteiger partial charge in [0.2, 0.25) is 0 Å². The minimum atomic E-state index is -0.0545. The lowest BCUT2D eigenvalue weighted by atomic mass is 10.1. The first-order valence-corrected chi connectivity index (χ1v) is 5.16. The molecule has 1 aliphatic rings. The molecule has 0 heterocycles. The molecule has 0 fully saturated rings. The molecule has 0 atom stereocenters. The average Bonchev–Trinajstić information content (AvgIpc) is 2.57. The Morgan fingerprint density at radius 2 is 2.46 bits per heavy atom. The van der Waals surface area contributed by atoms with Crippen molar-refractivity contribution in [2.45, 2.75) is 45.4 Å². The van der Waals surface area contributed by atoms with E-state index in [0.717, 1.165) is 12.8 Å². The van der Waals surface area contributed by atoms with Gasteiger partial charge in [0, 0.05) is 6.42 Å². The van der Waals surface area contributed by atoms with E-state index in [9.17, 15) is 4.79 Å². The molecule has 0 bridgehead atoms. The third kappa shape index (κ3) is 4.11. The monoisotopic (exact) mass is 182 g/mol. The van der Waals surface area contributed by atoms with Crippen molar-refractivity contribution in [3.05, 3.63) is 11.6 Å². The molecule has 1 aliphatic carbocycles. The lowest BCUT2D eigenvalue weighted by molar-refractivity contribution is -0.143. The van der Waals surface area contributed by atoms with Gasteiger partial charge in [0.1, 0.15) is 0 Å². The lowest BCUT2D eigenvalue weighted by Crippen LogP contribution is -2.03. The van der Waals surface area contributed by atoms with E-state index >= 15 is 0 Å². The number of hydrogen-bond donors (Lipinski definition) is 0. The van der Waals surface area contributed by atoms with Crippen LogP contribution < -0.4 is 0 Å². The number of allylic oxidation sites excluding steroid dienone is 2. The Labute approximate surface area is 80.0 Å². The van der Waals surface area contributed by atoms with Crippen molar-refractivity contribution < 1.29 is 9.53 Å². The van der Waals surface area contributed by atoms with Gasteiger partial charge < -0.3 is 4.74 Å². The molecule has 0 amide bonds. The van der Waals surface area contributed by atoms with Gasteiger partial charge in [0.25, 0.3) is 0 Å². The Morgan fingerprint density at radius 1 is 1.62 bits per heavy atom. The lowest BCUT2D eigenvalue weighted by Gasteiger charge is -2.02. The van der Waals surface area contributed by atoms with Gasteiger partial charge in [-0.05, 0) is 39.0 Å². The van der Waals surface area contributed by atoms with Crippen LogP contribution in [0.1, 0.15) is 45.4 Å². The van der Waals surface area contributed by atoms with Crippen LogP contribution in [0.2, 0.25) is 0 Å². The van der Waals surface area contributed by atoms with Crippen LogP contribution in [-0.2, 0) is 9.53 Å². The van der Waals surface area contributed by atoms with E-state index in [1.165, 1.54) is 24.8 Å². The summed E-state index contributed by atoms with van der Waals surface area (Å²) in [6.07, 6.45) is 8.69. The zero-order valence-electron chi connectivity index (χ0n) is 8.34.